The van der Waals surface area contributed by atoms with Crippen LogP contribution < -0.4 is 16.1 Å². The lowest BCUT2D eigenvalue weighted by atomic mass is 9.87. The summed E-state index contributed by atoms with van der Waals surface area (Å²) < 4.78 is 23.5. The molecule has 4 aliphatic rings. The van der Waals surface area contributed by atoms with Gasteiger partial charge < -0.3 is 0 Å². The zero-order valence-corrected chi connectivity index (χ0v) is 16.0. The van der Waals surface area contributed by atoms with E-state index in [4.69, 9.17) is 0 Å². The summed E-state index contributed by atoms with van der Waals surface area (Å²) in [7, 11) is -2.87. The van der Waals surface area contributed by atoms with Gasteiger partial charge >= 0.3 is 0 Å². The SMILES string of the molecule is CS(=O)(=O)C1CCC(C2NC3CNN(CC4CCCS4)C3N2)CC1. The average molecular weight is 375 g/mol. The molecule has 0 aromatic carbocycles. The molecule has 3 aliphatic heterocycles. The van der Waals surface area contributed by atoms with Crippen molar-refractivity contribution < 1.29 is 8.42 Å². The van der Waals surface area contributed by atoms with Gasteiger partial charge in [-0.3, -0.25) is 16.1 Å². The first-order chi connectivity index (χ1) is 11.5. The molecule has 3 saturated heterocycles. The van der Waals surface area contributed by atoms with Crippen LogP contribution in [0.1, 0.15) is 38.5 Å². The van der Waals surface area contributed by atoms with Crippen LogP contribution in [-0.4, -0.2) is 67.4 Å². The number of nitrogens with one attached hydrogen (secondary N) is 3. The van der Waals surface area contributed by atoms with Crippen molar-refractivity contribution in [2.45, 2.75) is 67.4 Å². The minimum atomic E-state index is -2.87. The van der Waals surface area contributed by atoms with E-state index in [1.807, 2.05) is 0 Å². The molecule has 24 heavy (non-hydrogen) atoms. The van der Waals surface area contributed by atoms with Gasteiger partial charge in [-0.15, -0.1) is 0 Å². The largest absolute Gasteiger partial charge is 0.295 e. The van der Waals surface area contributed by atoms with Gasteiger partial charge in [-0.2, -0.15) is 11.8 Å². The number of hydrogen-bond donors (Lipinski definition) is 3. The van der Waals surface area contributed by atoms with Crippen molar-refractivity contribution in [1.29, 1.82) is 0 Å². The molecule has 4 fully saturated rings. The van der Waals surface area contributed by atoms with E-state index in [-0.39, 0.29) is 5.25 Å². The fraction of sp³-hybridized carbons (Fsp3) is 1.00. The van der Waals surface area contributed by atoms with Crippen LogP contribution in [0.25, 0.3) is 0 Å². The first kappa shape index (κ1) is 17.5. The van der Waals surface area contributed by atoms with Crippen molar-refractivity contribution in [1.82, 2.24) is 21.1 Å². The second-order valence-electron chi connectivity index (χ2n) is 7.88. The molecule has 0 aromatic rings. The third kappa shape index (κ3) is 3.64. The molecule has 8 heteroatoms. The maximum absolute atomic E-state index is 11.7. The molecule has 3 heterocycles. The highest BCUT2D eigenvalue weighted by Gasteiger charge is 2.45. The lowest BCUT2D eigenvalue weighted by molar-refractivity contribution is 0.152. The standard InChI is InChI=1S/C16H30N4O2S2/c1-24(21,22)13-6-4-11(5-7-13)15-18-14-9-17-20(16(14)19-15)10-12-3-2-8-23-12/h11-19H,2-10H2,1H3. The van der Waals surface area contributed by atoms with Crippen LogP contribution in [-0.2, 0) is 9.84 Å². The van der Waals surface area contributed by atoms with E-state index >= 15 is 0 Å². The Hall–Kier alpha value is 0.140. The van der Waals surface area contributed by atoms with Gasteiger partial charge in [0.1, 0.15) is 9.84 Å². The van der Waals surface area contributed by atoms with Crippen molar-refractivity contribution in [3.63, 3.8) is 0 Å². The van der Waals surface area contributed by atoms with Crippen molar-refractivity contribution >= 4 is 21.6 Å². The summed E-state index contributed by atoms with van der Waals surface area (Å²) in [6.07, 6.45) is 8.45. The molecular weight excluding hydrogens is 344 g/mol. The summed E-state index contributed by atoms with van der Waals surface area (Å²) in [5.41, 5.74) is 3.55. The second-order valence-corrected chi connectivity index (χ2v) is 11.6. The molecule has 1 saturated carbocycles. The van der Waals surface area contributed by atoms with Gasteiger partial charge in [0.05, 0.1) is 23.6 Å². The number of hydrazine groups is 1. The fourth-order valence-electron chi connectivity index (χ4n) is 4.77. The minimum absolute atomic E-state index is 0.118. The fourth-order valence-corrected chi connectivity index (χ4v) is 7.16. The summed E-state index contributed by atoms with van der Waals surface area (Å²) in [5, 5.41) is 10.6. The molecule has 4 atom stereocenters. The summed E-state index contributed by atoms with van der Waals surface area (Å²) in [4.78, 5) is 0. The van der Waals surface area contributed by atoms with Gasteiger partial charge in [-0.1, -0.05) is 0 Å². The van der Waals surface area contributed by atoms with Gasteiger partial charge in [0.15, 0.2) is 0 Å². The summed E-state index contributed by atoms with van der Waals surface area (Å²) in [5.74, 6) is 1.86. The number of sulfone groups is 1. The number of hydrogen-bond acceptors (Lipinski definition) is 7. The van der Waals surface area contributed by atoms with Crippen molar-refractivity contribution in [2.75, 3.05) is 25.1 Å². The monoisotopic (exact) mass is 374 g/mol. The van der Waals surface area contributed by atoms with Gasteiger partial charge in [0.2, 0.25) is 0 Å². The lowest BCUT2D eigenvalue weighted by Gasteiger charge is -2.33. The van der Waals surface area contributed by atoms with Gasteiger partial charge in [0, 0.05) is 24.6 Å². The van der Waals surface area contributed by atoms with Crippen LogP contribution in [0.4, 0.5) is 0 Å². The van der Waals surface area contributed by atoms with Gasteiger partial charge in [-0.25, -0.2) is 13.4 Å². The molecule has 0 amide bonds. The van der Waals surface area contributed by atoms with Crippen LogP contribution in [0.15, 0.2) is 0 Å². The molecule has 0 bridgehead atoms. The summed E-state index contributed by atoms with van der Waals surface area (Å²) >= 11 is 2.11. The quantitative estimate of drug-likeness (QED) is 0.662. The lowest BCUT2D eigenvalue weighted by Crippen LogP contribution is -2.51. The van der Waals surface area contributed by atoms with Gasteiger partial charge in [0.25, 0.3) is 0 Å². The van der Waals surface area contributed by atoms with Gasteiger partial charge in [-0.05, 0) is 50.2 Å². The van der Waals surface area contributed by atoms with E-state index in [2.05, 4.69) is 32.8 Å². The highest BCUT2D eigenvalue weighted by atomic mass is 32.2. The van der Waals surface area contributed by atoms with Crippen molar-refractivity contribution in [3.05, 3.63) is 0 Å². The molecule has 1 aliphatic carbocycles. The molecule has 3 N–H and O–H groups in total. The zero-order valence-electron chi connectivity index (χ0n) is 14.4. The Labute approximate surface area is 149 Å². The highest BCUT2D eigenvalue weighted by molar-refractivity contribution is 8.00. The molecule has 4 rings (SSSR count). The number of rotatable bonds is 4. The van der Waals surface area contributed by atoms with E-state index in [0.29, 0.717) is 24.3 Å². The first-order valence-corrected chi connectivity index (χ1v) is 12.3. The number of fused-ring (bicyclic) bond motifs is 1. The van der Waals surface area contributed by atoms with E-state index in [1.165, 1.54) is 24.9 Å². The van der Waals surface area contributed by atoms with E-state index in [9.17, 15) is 8.42 Å². The topological polar surface area (TPSA) is 73.5 Å². The third-order valence-corrected chi connectivity index (χ3v) is 9.26. The Bertz CT molecular complexity index is 544. The molecule has 138 valence electrons. The van der Waals surface area contributed by atoms with E-state index in [1.54, 1.807) is 0 Å². The normalized spacial score (nSPS) is 44.0. The molecule has 4 unspecified atom stereocenters. The van der Waals surface area contributed by atoms with Crippen molar-refractivity contribution in [2.24, 2.45) is 5.92 Å². The Kier molecular flexibility index (Phi) is 5.15. The predicted molar refractivity (Wildman–Crippen MR) is 98.4 cm³/mol. The number of thioether (sulfide) groups is 1. The summed E-state index contributed by atoms with van der Waals surface area (Å²) in [6.45, 7) is 2.11. The molecular formula is C16H30N4O2S2. The average Bonchev–Trinajstić information content (AvgIpc) is 3.26. The van der Waals surface area contributed by atoms with Crippen LogP contribution in [0.3, 0.4) is 0 Å². The first-order valence-electron chi connectivity index (χ1n) is 9.33. The number of nitrogens with zero attached hydrogens (tertiary/aromatic N) is 1. The Morgan fingerprint density at radius 1 is 1.12 bits per heavy atom. The van der Waals surface area contributed by atoms with E-state index < -0.39 is 9.84 Å². The summed E-state index contributed by atoms with van der Waals surface area (Å²) in [6, 6.07) is 0.467. The predicted octanol–water partition coefficient (Wildman–Crippen LogP) is 0.519. The van der Waals surface area contributed by atoms with Crippen LogP contribution >= 0.6 is 11.8 Å². The van der Waals surface area contributed by atoms with Crippen LogP contribution in [0, 0.1) is 5.92 Å². The highest BCUT2D eigenvalue weighted by Crippen LogP contribution is 2.33. The molecule has 0 spiro atoms. The minimum Gasteiger partial charge on any atom is -0.295 e. The maximum Gasteiger partial charge on any atom is 0.150 e. The Balaban J connectivity index is 1.30. The Morgan fingerprint density at radius 3 is 2.58 bits per heavy atom. The van der Waals surface area contributed by atoms with Crippen molar-refractivity contribution in [3.8, 4) is 0 Å². The molecule has 0 radical (unpaired) electrons. The van der Waals surface area contributed by atoms with Crippen LogP contribution in [0.5, 0.6) is 0 Å². The molecule has 6 nitrogen and oxygen atoms in total. The smallest absolute Gasteiger partial charge is 0.150 e. The third-order valence-electron chi connectivity index (χ3n) is 6.20. The second kappa shape index (κ2) is 7.04. The maximum atomic E-state index is 11.7. The zero-order chi connectivity index (χ0) is 16.7. The molecule has 0 aromatic heterocycles. The van der Waals surface area contributed by atoms with E-state index in [0.717, 1.165) is 44.0 Å². The Morgan fingerprint density at radius 2 is 1.92 bits per heavy atom. The van der Waals surface area contributed by atoms with Crippen LogP contribution in [0.2, 0.25) is 0 Å².